The molecule has 0 saturated heterocycles. The van der Waals surface area contributed by atoms with E-state index in [9.17, 15) is 13.2 Å². The van der Waals surface area contributed by atoms with E-state index >= 15 is 0 Å². The van der Waals surface area contributed by atoms with E-state index < -0.39 is 32.4 Å². The first-order chi connectivity index (χ1) is 10.9. The highest BCUT2D eigenvalue weighted by Gasteiger charge is 2.75. The Kier molecular flexibility index (Phi) is 5.01. The van der Waals surface area contributed by atoms with Crippen molar-refractivity contribution in [1.29, 1.82) is 0 Å². The van der Waals surface area contributed by atoms with E-state index in [-0.39, 0.29) is 18.9 Å². The topological polar surface area (TPSA) is 95.7 Å². The second-order valence-electron chi connectivity index (χ2n) is 5.59. The molecule has 3 atom stereocenters. The van der Waals surface area contributed by atoms with Gasteiger partial charge in [0.05, 0.1) is 19.0 Å². The van der Waals surface area contributed by atoms with Crippen LogP contribution in [0, 0.1) is 5.41 Å². The Morgan fingerprint density at radius 3 is 2.30 bits per heavy atom. The van der Waals surface area contributed by atoms with Gasteiger partial charge in [-0.2, -0.15) is 0 Å². The Morgan fingerprint density at radius 1 is 1.26 bits per heavy atom. The van der Waals surface area contributed by atoms with Gasteiger partial charge >= 0.3 is 5.97 Å². The zero-order valence-corrected chi connectivity index (χ0v) is 14.4. The van der Waals surface area contributed by atoms with Crippen molar-refractivity contribution in [2.75, 3.05) is 26.0 Å². The lowest BCUT2D eigenvalue weighted by atomic mass is 9.99. The SMILES string of the molecule is CCOC(=O)[C@@]1(CN)[C@H](S(=O)(=O)CC)[C@@H]1c1ccc(OC)cc1. The molecule has 1 aliphatic carbocycles. The van der Waals surface area contributed by atoms with Gasteiger partial charge in [-0.1, -0.05) is 19.1 Å². The van der Waals surface area contributed by atoms with Gasteiger partial charge in [-0.15, -0.1) is 0 Å². The molecule has 1 aliphatic rings. The first kappa shape index (κ1) is 17.7. The van der Waals surface area contributed by atoms with Crippen molar-refractivity contribution in [2.24, 2.45) is 11.1 Å². The maximum absolute atomic E-state index is 12.5. The quantitative estimate of drug-likeness (QED) is 0.746. The average molecular weight is 341 g/mol. The van der Waals surface area contributed by atoms with E-state index in [2.05, 4.69) is 0 Å². The van der Waals surface area contributed by atoms with Crippen molar-refractivity contribution < 1.29 is 22.7 Å². The zero-order valence-electron chi connectivity index (χ0n) is 13.6. The van der Waals surface area contributed by atoms with E-state index in [0.717, 1.165) is 5.56 Å². The van der Waals surface area contributed by atoms with Crippen molar-refractivity contribution in [3.05, 3.63) is 29.8 Å². The van der Waals surface area contributed by atoms with Crippen LogP contribution in [0.3, 0.4) is 0 Å². The second kappa shape index (κ2) is 6.49. The summed E-state index contributed by atoms with van der Waals surface area (Å²) in [6, 6.07) is 7.04. The summed E-state index contributed by atoms with van der Waals surface area (Å²) in [5.74, 6) is -0.391. The highest BCUT2D eigenvalue weighted by molar-refractivity contribution is 7.92. The molecule has 0 radical (unpaired) electrons. The molecule has 2 rings (SSSR count). The van der Waals surface area contributed by atoms with Crippen molar-refractivity contribution in [3.63, 3.8) is 0 Å². The predicted octanol–water partition coefficient (Wildman–Crippen LogP) is 1.10. The normalized spacial score (nSPS) is 26.6. The molecular weight excluding hydrogens is 318 g/mol. The van der Waals surface area contributed by atoms with Gasteiger partial charge in [0.1, 0.15) is 11.2 Å². The molecule has 0 spiro atoms. The van der Waals surface area contributed by atoms with Crippen LogP contribution >= 0.6 is 0 Å². The third kappa shape index (κ3) is 2.83. The summed E-state index contributed by atoms with van der Waals surface area (Å²) >= 11 is 0. The molecule has 23 heavy (non-hydrogen) atoms. The standard InChI is InChI=1S/C16H23NO5S/c1-4-22-15(18)16(10-17)13(14(16)23(19,20)5-2)11-6-8-12(21-3)9-7-11/h6-9,13-14H,4-5,10,17H2,1-3H3/t13-,14+,16+/m0/s1. The smallest absolute Gasteiger partial charge is 0.315 e. The van der Waals surface area contributed by atoms with Crippen molar-refractivity contribution in [3.8, 4) is 5.75 Å². The highest BCUT2D eigenvalue weighted by atomic mass is 32.2. The first-order valence-corrected chi connectivity index (χ1v) is 9.33. The predicted molar refractivity (Wildman–Crippen MR) is 87.1 cm³/mol. The van der Waals surface area contributed by atoms with Gasteiger partial charge < -0.3 is 15.2 Å². The van der Waals surface area contributed by atoms with E-state index in [1.165, 1.54) is 0 Å². The Morgan fingerprint density at radius 2 is 1.87 bits per heavy atom. The Hall–Kier alpha value is -1.60. The van der Waals surface area contributed by atoms with Crippen LogP contribution in [0.2, 0.25) is 0 Å². The summed E-state index contributed by atoms with van der Waals surface area (Å²) in [6.45, 7) is 3.39. The molecule has 2 N–H and O–H groups in total. The maximum atomic E-state index is 12.5. The number of carbonyl (C=O) groups is 1. The molecule has 128 valence electrons. The minimum atomic E-state index is -3.43. The van der Waals surface area contributed by atoms with Gasteiger partial charge in [0.15, 0.2) is 9.84 Å². The summed E-state index contributed by atoms with van der Waals surface area (Å²) < 4.78 is 35.2. The average Bonchev–Trinajstić information content (AvgIpc) is 3.26. The fraction of sp³-hybridized carbons (Fsp3) is 0.562. The van der Waals surface area contributed by atoms with Gasteiger partial charge in [-0.25, -0.2) is 8.42 Å². The number of hydrogen-bond acceptors (Lipinski definition) is 6. The molecule has 6 nitrogen and oxygen atoms in total. The van der Waals surface area contributed by atoms with Crippen LogP contribution in [0.5, 0.6) is 5.75 Å². The van der Waals surface area contributed by atoms with Crippen molar-refractivity contribution >= 4 is 15.8 Å². The third-order valence-corrected chi connectivity index (χ3v) is 6.79. The molecular formula is C16H23NO5S. The van der Waals surface area contributed by atoms with Crippen LogP contribution in [0.1, 0.15) is 25.3 Å². The number of ether oxygens (including phenoxy) is 2. The Balaban J connectivity index is 2.47. The number of sulfone groups is 1. The van der Waals surface area contributed by atoms with Crippen LogP contribution in [0.15, 0.2) is 24.3 Å². The molecule has 7 heteroatoms. The van der Waals surface area contributed by atoms with E-state index in [1.807, 2.05) is 0 Å². The van der Waals surface area contributed by atoms with Gasteiger partial charge in [0, 0.05) is 18.2 Å². The van der Waals surface area contributed by atoms with Gasteiger partial charge in [-0.05, 0) is 24.6 Å². The molecule has 0 unspecified atom stereocenters. The first-order valence-electron chi connectivity index (χ1n) is 7.61. The minimum absolute atomic E-state index is 0.0362. The molecule has 0 aromatic heterocycles. The fourth-order valence-electron chi connectivity index (χ4n) is 3.23. The molecule has 0 aliphatic heterocycles. The van der Waals surface area contributed by atoms with Gasteiger partial charge in [0.2, 0.25) is 0 Å². The number of rotatable bonds is 7. The number of carbonyl (C=O) groups excluding carboxylic acids is 1. The van der Waals surface area contributed by atoms with Crippen molar-refractivity contribution in [1.82, 2.24) is 0 Å². The second-order valence-corrected chi connectivity index (χ2v) is 8.00. The van der Waals surface area contributed by atoms with E-state index in [4.69, 9.17) is 15.2 Å². The van der Waals surface area contributed by atoms with Gasteiger partial charge in [-0.3, -0.25) is 4.79 Å². The number of methoxy groups -OCH3 is 1. The highest BCUT2D eigenvalue weighted by Crippen LogP contribution is 2.63. The monoisotopic (exact) mass is 341 g/mol. The van der Waals surface area contributed by atoms with Crippen molar-refractivity contribution in [2.45, 2.75) is 25.0 Å². The fourth-order valence-corrected chi connectivity index (χ4v) is 5.31. The summed E-state index contributed by atoms with van der Waals surface area (Å²) in [5, 5.41) is -0.836. The number of nitrogens with two attached hydrogens (primary N) is 1. The van der Waals surface area contributed by atoms with Crippen LogP contribution in [-0.4, -0.2) is 45.7 Å². The number of benzene rings is 1. The van der Waals surface area contributed by atoms with E-state index in [0.29, 0.717) is 5.75 Å². The molecule has 0 bridgehead atoms. The summed E-state index contributed by atoms with van der Waals surface area (Å²) in [4.78, 5) is 12.4. The van der Waals surface area contributed by atoms with Crippen LogP contribution < -0.4 is 10.5 Å². The summed E-state index contributed by atoms with van der Waals surface area (Å²) in [7, 11) is -1.88. The number of hydrogen-bond donors (Lipinski definition) is 1. The molecule has 1 saturated carbocycles. The zero-order chi connectivity index (χ0) is 17.3. The summed E-state index contributed by atoms with van der Waals surface area (Å²) in [6.07, 6.45) is 0. The van der Waals surface area contributed by atoms with E-state index in [1.54, 1.807) is 45.2 Å². The molecule has 0 amide bonds. The lowest BCUT2D eigenvalue weighted by Gasteiger charge is -2.14. The largest absolute Gasteiger partial charge is 0.497 e. The lowest BCUT2D eigenvalue weighted by molar-refractivity contribution is -0.149. The molecule has 1 aromatic carbocycles. The van der Waals surface area contributed by atoms with Gasteiger partial charge in [0.25, 0.3) is 0 Å². The third-order valence-electron chi connectivity index (χ3n) is 4.51. The maximum Gasteiger partial charge on any atom is 0.315 e. The summed E-state index contributed by atoms with van der Waals surface area (Å²) in [5.41, 5.74) is 5.40. The Labute approximate surface area is 136 Å². The number of esters is 1. The minimum Gasteiger partial charge on any atom is -0.497 e. The van der Waals surface area contributed by atoms with Crippen LogP contribution in [0.4, 0.5) is 0 Å². The lowest BCUT2D eigenvalue weighted by Crippen LogP contribution is -2.34. The molecule has 1 aromatic rings. The molecule has 0 heterocycles. The van der Waals surface area contributed by atoms with Crippen LogP contribution in [0.25, 0.3) is 0 Å². The Bertz CT molecular complexity index is 670. The molecule has 1 fully saturated rings. The van der Waals surface area contributed by atoms with Crippen LogP contribution in [-0.2, 0) is 19.4 Å².